The van der Waals surface area contributed by atoms with Crippen LogP contribution in [-0.4, -0.2) is 4.57 Å². The van der Waals surface area contributed by atoms with Crippen LogP contribution in [0.4, 0.5) is 0 Å². The molecule has 4 aromatic heterocycles. The highest BCUT2D eigenvalue weighted by atomic mass is 32.1. The number of hydrogen-bond donors (Lipinski definition) is 0. The Hall–Kier alpha value is -1.10. The molecular weight excluding hydrogens is 326 g/mol. The van der Waals surface area contributed by atoms with Crippen molar-refractivity contribution >= 4 is 54.4 Å². The minimum Gasteiger partial charge on any atom is -0.299 e. The molecule has 0 aliphatic rings. The van der Waals surface area contributed by atoms with E-state index < -0.39 is 0 Å². The summed E-state index contributed by atoms with van der Waals surface area (Å²) in [5.74, 6) is 0. The van der Waals surface area contributed by atoms with Crippen LogP contribution in [0.15, 0.2) is 35.0 Å². The Kier molecular flexibility index (Phi) is 4.07. The number of rotatable bonds is 6. The summed E-state index contributed by atoms with van der Waals surface area (Å²) >= 11 is 5.67. The van der Waals surface area contributed by atoms with Crippen LogP contribution in [-0.2, 0) is 6.42 Å². The Morgan fingerprint density at radius 3 is 2.27 bits per heavy atom. The van der Waals surface area contributed by atoms with Gasteiger partial charge in [-0.1, -0.05) is 26.2 Å². The van der Waals surface area contributed by atoms with Gasteiger partial charge in [0.05, 0.1) is 20.4 Å². The molecule has 0 spiro atoms. The first kappa shape index (κ1) is 14.5. The number of fused-ring (bicyclic) bond motifs is 3. The Balaban J connectivity index is 1.67. The van der Waals surface area contributed by atoms with Gasteiger partial charge in [-0.3, -0.25) is 4.57 Å². The van der Waals surface area contributed by atoms with Crippen LogP contribution in [0.3, 0.4) is 0 Å². The van der Waals surface area contributed by atoms with Gasteiger partial charge in [-0.15, -0.1) is 34.0 Å². The van der Waals surface area contributed by atoms with Gasteiger partial charge in [-0.05, 0) is 47.9 Å². The molecule has 0 aromatic carbocycles. The van der Waals surface area contributed by atoms with Gasteiger partial charge in [0.1, 0.15) is 5.00 Å². The van der Waals surface area contributed by atoms with Crippen molar-refractivity contribution in [1.82, 2.24) is 4.57 Å². The van der Waals surface area contributed by atoms with Gasteiger partial charge >= 0.3 is 0 Å². The average molecular weight is 346 g/mol. The Bertz CT molecular complexity index is 842. The fourth-order valence-electron chi connectivity index (χ4n) is 3.01. The van der Waals surface area contributed by atoms with Crippen LogP contribution < -0.4 is 0 Å². The molecule has 0 saturated heterocycles. The third kappa shape index (κ3) is 2.43. The zero-order valence-corrected chi connectivity index (χ0v) is 15.1. The molecule has 4 heterocycles. The zero-order valence-electron chi connectivity index (χ0n) is 12.7. The van der Waals surface area contributed by atoms with Gasteiger partial charge in [0, 0.05) is 4.88 Å². The highest BCUT2D eigenvalue weighted by Gasteiger charge is 2.15. The molecule has 0 N–H and O–H groups in total. The van der Waals surface area contributed by atoms with Crippen LogP contribution in [0, 0.1) is 0 Å². The number of aryl methyl sites for hydroxylation is 1. The van der Waals surface area contributed by atoms with Gasteiger partial charge in [0.15, 0.2) is 0 Å². The minimum absolute atomic E-state index is 1.23. The van der Waals surface area contributed by atoms with Gasteiger partial charge < -0.3 is 0 Å². The van der Waals surface area contributed by atoms with E-state index in [1.54, 1.807) is 0 Å². The highest BCUT2D eigenvalue weighted by molar-refractivity contribution is 7.25. The summed E-state index contributed by atoms with van der Waals surface area (Å²) in [6.45, 7) is 2.27. The zero-order chi connectivity index (χ0) is 14.9. The number of aromatic nitrogens is 1. The normalized spacial score (nSPS) is 11.9. The molecule has 0 fully saturated rings. The highest BCUT2D eigenvalue weighted by Crippen LogP contribution is 2.39. The molecule has 0 bridgehead atoms. The second-order valence-corrected chi connectivity index (χ2v) is 8.63. The predicted molar refractivity (Wildman–Crippen MR) is 102 cm³/mol. The van der Waals surface area contributed by atoms with E-state index in [9.17, 15) is 0 Å². The summed E-state index contributed by atoms with van der Waals surface area (Å²) in [6.07, 6.45) is 6.58. The van der Waals surface area contributed by atoms with Crippen LogP contribution in [0.2, 0.25) is 0 Å². The molecule has 1 nitrogen and oxygen atoms in total. The second-order valence-electron chi connectivity index (χ2n) is 5.66. The Morgan fingerprint density at radius 1 is 0.864 bits per heavy atom. The summed E-state index contributed by atoms with van der Waals surface area (Å²) in [6, 6.07) is 9.14. The second kappa shape index (κ2) is 6.19. The van der Waals surface area contributed by atoms with E-state index in [-0.39, 0.29) is 0 Å². The Morgan fingerprint density at radius 2 is 1.59 bits per heavy atom. The monoisotopic (exact) mass is 345 g/mol. The van der Waals surface area contributed by atoms with Crippen LogP contribution >= 0.6 is 34.0 Å². The number of unbranched alkanes of at least 4 members (excludes halogenated alkanes) is 3. The largest absolute Gasteiger partial charge is 0.299 e. The molecule has 0 unspecified atom stereocenters. The molecule has 0 aliphatic carbocycles. The number of nitrogens with zero attached hydrogens (tertiary/aromatic N) is 1. The average Bonchev–Trinajstić information content (AvgIpc) is 3.25. The molecule has 0 radical (unpaired) electrons. The van der Waals surface area contributed by atoms with Gasteiger partial charge in [-0.25, -0.2) is 0 Å². The molecule has 0 amide bonds. The maximum Gasteiger partial charge on any atom is 0.100 e. The molecule has 0 saturated carbocycles. The SMILES string of the molecule is CCCCCCc1ccc(-n2c3ccsc3c3sccc32)s1. The minimum atomic E-state index is 1.23. The molecule has 4 heteroatoms. The standard InChI is InChI=1S/C18H19NS3/c1-2-3-4-5-6-13-7-8-16(22-13)19-14-9-11-20-17(14)18-15(19)10-12-21-18/h7-12H,2-6H2,1H3. The van der Waals surface area contributed by atoms with E-state index in [4.69, 9.17) is 0 Å². The molecular formula is C18H19NS3. The third-order valence-electron chi connectivity index (χ3n) is 4.12. The van der Waals surface area contributed by atoms with Crippen molar-refractivity contribution in [2.45, 2.75) is 39.0 Å². The van der Waals surface area contributed by atoms with Crippen LogP contribution in [0.5, 0.6) is 0 Å². The smallest absolute Gasteiger partial charge is 0.100 e. The predicted octanol–water partition coefficient (Wildman–Crippen LogP) is 7.09. The van der Waals surface area contributed by atoms with Crippen LogP contribution in [0.1, 0.15) is 37.5 Å². The fraction of sp³-hybridized carbons (Fsp3) is 0.333. The lowest BCUT2D eigenvalue weighted by Crippen LogP contribution is -1.87. The number of hydrogen-bond acceptors (Lipinski definition) is 3. The van der Waals surface area contributed by atoms with Crippen molar-refractivity contribution in [3.05, 3.63) is 39.9 Å². The van der Waals surface area contributed by atoms with Gasteiger partial charge in [0.25, 0.3) is 0 Å². The van der Waals surface area contributed by atoms with Crippen molar-refractivity contribution in [2.24, 2.45) is 0 Å². The van der Waals surface area contributed by atoms with E-state index in [0.29, 0.717) is 0 Å². The van der Waals surface area contributed by atoms with E-state index in [2.05, 4.69) is 46.5 Å². The summed E-state index contributed by atoms with van der Waals surface area (Å²) < 4.78 is 5.31. The molecule has 114 valence electrons. The van der Waals surface area contributed by atoms with E-state index in [0.717, 1.165) is 0 Å². The van der Waals surface area contributed by atoms with E-state index in [1.807, 2.05) is 34.0 Å². The maximum absolute atomic E-state index is 2.44. The van der Waals surface area contributed by atoms with Crippen molar-refractivity contribution in [2.75, 3.05) is 0 Å². The summed E-state index contributed by atoms with van der Waals surface area (Å²) in [7, 11) is 0. The summed E-state index contributed by atoms with van der Waals surface area (Å²) in [5, 5.41) is 5.78. The summed E-state index contributed by atoms with van der Waals surface area (Å²) in [5.41, 5.74) is 2.73. The van der Waals surface area contributed by atoms with Crippen molar-refractivity contribution in [3.8, 4) is 5.00 Å². The lowest BCUT2D eigenvalue weighted by molar-refractivity contribution is 0.670. The van der Waals surface area contributed by atoms with Gasteiger partial charge in [0.2, 0.25) is 0 Å². The molecule has 4 aromatic rings. The Labute approximate surface area is 142 Å². The molecule has 22 heavy (non-hydrogen) atoms. The fourth-order valence-corrected chi connectivity index (χ4v) is 6.02. The van der Waals surface area contributed by atoms with E-state index in [1.165, 1.54) is 62.4 Å². The molecule has 0 atom stereocenters. The quantitative estimate of drug-likeness (QED) is 0.329. The molecule has 4 rings (SSSR count). The first-order valence-corrected chi connectivity index (χ1v) is 10.5. The van der Waals surface area contributed by atoms with Crippen molar-refractivity contribution in [1.29, 1.82) is 0 Å². The first-order chi connectivity index (χ1) is 10.9. The van der Waals surface area contributed by atoms with Crippen LogP contribution in [0.25, 0.3) is 25.4 Å². The van der Waals surface area contributed by atoms with E-state index >= 15 is 0 Å². The lowest BCUT2D eigenvalue weighted by atomic mass is 10.1. The topological polar surface area (TPSA) is 4.93 Å². The maximum atomic E-state index is 2.44. The summed E-state index contributed by atoms with van der Waals surface area (Å²) in [4.78, 5) is 1.52. The first-order valence-electron chi connectivity index (χ1n) is 7.92. The third-order valence-corrected chi connectivity index (χ3v) is 7.22. The number of thiophene rings is 3. The van der Waals surface area contributed by atoms with Crippen molar-refractivity contribution in [3.63, 3.8) is 0 Å². The lowest BCUT2D eigenvalue weighted by Gasteiger charge is -2.01. The molecule has 0 aliphatic heterocycles. The van der Waals surface area contributed by atoms with Crippen molar-refractivity contribution < 1.29 is 0 Å². The van der Waals surface area contributed by atoms with Gasteiger partial charge in [-0.2, -0.15) is 0 Å².